The number of carbonyl (C=O) groups is 3. The van der Waals surface area contributed by atoms with Crippen molar-refractivity contribution in [1.29, 1.82) is 0 Å². The summed E-state index contributed by atoms with van der Waals surface area (Å²) in [6.45, 7) is 3.38. The molecule has 0 aliphatic heterocycles. The van der Waals surface area contributed by atoms with Crippen molar-refractivity contribution in [3.63, 3.8) is 0 Å². The van der Waals surface area contributed by atoms with E-state index in [0.717, 1.165) is 11.1 Å². The predicted octanol–water partition coefficient (Wildman–Crippen LogP) is 3.71. The molecule has 0 radical (unpaired) electrons. The summed E-state index contributed by atoms with van der Waals surface area (Å²) in [4.78, 5) is 36.4. The van der Waals surface area contributed by atoms with Crippen LogP contribution in [0.15, 0.2) is 36.4 Å². The summed E-state index contributed by atoms with van der Waals surface area (Å²) in [5, 5.41) is 0. The Balaban J connectivity index is 1.87. The first-order valence-electron chi connectivity index (χ1n) is 8.87. The molecular formula is C22H24O6. The van der Waals surface area contributed by atoms with E-state index in [2.05, 4.69) is 0 Å². The SMILES string of the molecule is COc1ccc(C(=O)CCC(=O)OCC(=O)c2cc(C)ccc2C)cc1OC. The Morgan fingerprint density at radius 2 is 1.54 bits per heavy atom. The van der Waals surface area contributed by atoms with Crippen LogP contribution in [0.2, 0.25) is 0 Å². The summed E-state index contributed by atoms with van der Waals surface area (Å²) in [5.41, 5.74) is 2.74. The Morgan fingerprint density at radius 3 is 2.21 bits per heavy atom. The van der Waals surface area contributed by atoms with Crippen LogP contribution in [0.4, 0.5) is 0 Å². The second kappa shape index (κ2) is 9.69. The van der Waals surface area contributed by atoms with Crippen molar-refractivity contribution in [2.75, 3.05) is 20.8 Å². The average Bonchev–Trinajstić information content (AvgIpc) is 2.71. The zero-order valence-corrected chi connectivity index (χ0v) is 16.5. The van der Waals surface area contributed by atoms with Crippen LogP contribution in [-0.2, 0) is 9.53 Å². The number of rotatable bonds is 9. The van der Waals surface area contributed by atoms with E-state index in [0.29, 0.717) is 22.6 Å². The molecule has 0 aliphatic rings. The minimum Gasteiger partial charge on any atom is -0.493 e. The van der Waals surface area contributed by atoms with Gasteiger partial charge in [-0.05, 0) is 43.7 Å². The Labute approximate surface area is 164 Å². The van der Waals surface area contributed by atoms with Gasteiger partial charge in [-0.15, -0.1) is 0 Å². The summed E-state index contributed by atoms with van der Waals surface area (Å²) in [6, 6.07) is 10.3. The van der Waals surface area contributed by atoms with E-state index in [4.69, 9.17) is 14.2 Å². The second-order valence-electron chi connectivity index (χ2n) is 6.40. The maximum absolute atomic E-state index is 12.3. The first-order chi connectivity index (χ1) is 13.3. The van der Waals surface area contributed by atoms with Gasteiger partial charge in [0.25, 0.3) is 0 Å². The lowest BCUT2D eigenvalue weighted by atomic mass is 10.0. The maximum atomic E-state index is 12.3. The third kappa shape index (κ3) is 5.42. The third-order valence-corrected chi connectivity index (χ3v) is 4.32. The smallest absolute Gasteiger partial charge is 0.306 e. The highest BCUT2D eigenvalue weighted by Crippen LogP contribution is 2.28. The van der Waals surface area contributed by atoms with Crippen LogP contribution in [0.5, 0.6) is 11.5 Å². The highest BCUT2D eigenvalue weighted by atomic mass is 16.5. The van der Waals surface area contributed by atoms with Gasteiger partial charge in [-0.1, -0.05) is 17.7 Å². The number of Topliss-reactive ketones (excluding diaryl/α,β-unsaturated/α-hetero) is 2. The van der Waals surface area contributed by atoms with Crippen molar-refractivity contribution in [2.24, 2.45) is 0 Å². The molecule has 148 valence electrons. The zero-order valence-electron chi connectivity index (χ0n) is 16.5. The number of esters is 1. The lowest BCUT2D eigenvalue weighted by molar-refractivity contribution is -0.142. The molecule has 2 aromatic rings. The largest absolute Gasteiger partial charge is 0.493 e. The van der Waals surface area contributed by atoms with Crippen LogP contribution in [0.25, 0.3) is 0 Å². The normalized spacial score (nSPS) is 10.3. The number of aryl methyl sites for hydroxylation is 2. The third-order valence-electron chi connectivity index (χ3n) is 4.32. The summed E-state index contributed by atoms with van der Waals surface area (Å²) in [7, 11) is 2.99. The molecule has 6 heteroatoms. The topological polar surface area (TPSA) is 78.9 Å². The van der Waals surface area contributed by atoms with E-state index < -0.39 is 5.97 Å². The van der Waals surface area contributed by atoms with Gasteiger partial charge in [-0.25, -0.2) is 0 Å². The summed E-state index contributed by atoms with van der Waals surface area (Å²) in [5.74, 6) is -0.120. The van der Waals surface area contributed by atoms with Gasteiger partial charge in [0.1, 0.15) is 0 Å². The van der Waals surface area contributed by atoms with Crippen molar-refractivity contribution in [2.45, 2.75) is 26.7 Å². The molecule has 0 N–H and O–H groups in total. The first-order valence-corrected chi connectivity index (χ1v) is 8.87. The second-order valence-corrected chi connectivity index (χ2v) is 6.40. The van der Waals surface area contributed by atoms with Crippen LogP contribution in [0.3, 0.4) is 0 Å². The van der Waals surface area contributed by atoms with Crippen LogP contribution in [0, 0.1) is 13.8 Å². The molecule has 2 aromatic carbocycles. The quantitative estimate of drug-likeness (QED) is 0.484. The number of hydrogen-bond acceptors (Lipinski definition) is 6. The van der Waals surface area contributed by atoms with Crippen LogP contribution >= 0.6 is 0 Å². The molecule has 0 aromatic heterocycles. The van der Waals surface area contributed by atoms with E-state index in [1.54, 1.807) is 24.3 Å². The Morgan fingerprint density at radius 1 is 0.821 bits per heavy atom. The van der Waals surface area contributed by atoms with Crippen LogP contribution in [0.1, 0.15) is 44.7 Å². The molecule has 0 atom stereocenters. The molecule has 0 aliphatic carbocycles. The van der Waals surface area contributed by atoms with Gasteiger partial charge in [0.2, 0.25) is 5.78 Å². The van der Waals surface area contributed by atoms with Crippen LogP contribution < -0.4 is 9.47 Å². The molecule has 2 rings (SSSR count). The van der Waals surface area contributed by atoms with E-state index >= 15 is 0 Å². The predicted molar refractivity (Wildman–Crippen MR) is 104 cm³/mol. The Bertz CT molecular complexity index is 885. The van der Waals surface area contributed by atoms with Crippen molar-refractivity contribution >= 4 is 17.5 Å². The summed E-state index contributed by atoms with van der Waals surface area (Å²) >= 11 is 0. The fourth-order valence-electron chi connectivity index (χ4n) is 2.70. The molecule has 0 saturated heterocycles. The Kier molecular flexibility index (Phi) is 7.32. The Hall–Kier alpha value is -3.15. The number of ether oxygens (including phenoxy) is 3. The highest BCUT2D eigenvalue weighted by Gasteiger charge is 2.15. The molecule has 0 fully saturated rings. The number of methoxy groups -OCH3 is 2. The molecule has 0 bridgehead atoms. The van der Waals surface area contributed by atoms with Gasteiger partial charge in [0.05, 0.1) is 20.6 Å². The molecule has 0 unspecified atom stereocenters. The van der Waals surface area contributed by atoms with Crippen molar-refractivity contribution in [1.82, 2.24) is 0 Å². The van der Waals surface area contributed by atoms with Gasteiger partial charge < -0.3 is 14.2 Å². The molecular weight excluding hydrogens is 360 g/mol. The average molecular weight is 384 g/mol. The van der Waals surface area contributed by atoms with Gasteiger partial charge in [-0.2, -0.15) is 0 Å². The number of carbonyl (C=O) groups excluding carboxylic acids is 3. The highest BCUT2D eigenvalue weighted by molar-refractivity contribution is 6.00. The lowest BCUT2D eigenvalue weighted by Gasteiger charge is -2.09. The fraction of sp³-hybridized carbons (Fsp3) is 0.318. The molecule has 6 nitrogen and oxygen atoms in total. The van der Waals surface area contributed by atoms with Gasteiger partial charge in [-0.3, -0.25) is 14.4 Å². The minimum absolute atomic E-state index is 0.0218. The number of ketones is 2. The van der Waals surface area contributed by atoms with Crippen molar-refractivity contribution in [3.05, 3.63) is 58.7 Å². The van der Waals surface area contributed by atoms with Crippen molar-refractivity contribution in [3.8, 4) is 11.5 Å². The van der Waals surface area contributed by atoms with E-state index in [9.17, 15) is 14.4 Å². The zero-order chi connectivity index (χ0) is 20.7. The maximum Gasteiger partial charge on any atom is 0.306 e. The first kappa shape index (κ1) is 21.2. The summed E-state index contributed by atoms with van der Waals surface area (Å²) < 4.78 is 15.3. The number of hydrogen-bond donors (Lipinski definition) is 0. The molecule has 0 saturated carbocycles. The fourth-order valence-corrected chi connectivity index (χ4v) is 2.70. The van der Waals surface area contributed by atoms with Gasteiger partial charge >= 0.3 is 5.97 Å². The molecule has 28 heavy (non-hydrogen) atoms. The lowest BCUT2D eigenvalue weighted by Crippen LogP contribution is -2.16. The van der Waals surface area contributed by atoms with E-state index in [-0.39, 0.29) is 31.0 Å². The monoisotopic (exact) mass is 384 g/mol. The van der Waals surface area contributed by atoms with Gasteiger partial charge in [0, 0.05) is 17.5 Å². The standard InChI is InChI=1S/C22H24O6/c1-14-5-6-15(2)17(11-14)19(24)13-28-22(25)10-8-18(23)16-7-9-20(26-3)21(12-16)27-4/h5-7,9,11-12H,8,10,13H2,1-4H3. The molecule has 0 amide bonds. The molecule has 0 heterocycles. The molecule has 0 spiro atoms. The minimum atomic E-state index is -0.590. The van der Waals surface area contributed by atoms with E-state index in [1.807, 2.05) is 26.0 Å². The summed E-state index contributed by atoms with van der Waals surface area (Å²) in [6.07, 6.45) is -0.126. The van der Waals surface area contributed by atoms with Crippen molar-refractivity contribution < 1.29 is 28.6 Å². The van der Waals surface area contributed by atoms with Crippen LogP contribution in [-0.4, -0.2) is 38.4 Å². The van der Waals surface area contributed by atoms with Gasteiger partial charge in [0.15, 0.2) is 23.9 Å². The van der Waals surface area contributed by atoms with E-state index in [1.165, 1.54) is 14.2 Å². The number of benzene rings is 2.